The Hall–Kier alpha value is -2.05. The Morgan fingerprint density at radius 2 is 2.12 bits per heavy atom. The van der Waals surface area contributed by atoms with Gasteiger partial charge in [0.15, 0.2) is 9.84 Å². The molecule has 3 atom stereocenters. The van der Waals surface area contributed by atoms with Gasteiger partial charge >= 0.3 is 0 Å². The molecule has 1 unspecified atom stereocenters. The molecule has 1 aliphatic heterocycles. The Morgan fingerprint density at radius 3 is 2.68 bits per heavy atom. The van der Waals surface area contributed by atoms with Gasteiger partial charge in [0.2, 0.25) is 5.91 Å². The van der Waals surface area contributed by atoms with E-state index in [1.165, 1.54) is 26.2 Å². The van der Waals surface area contributed by atoms with Gasteiger partial charge in [0, 0.05) is 18.8 Å². The second kappa shape index (κ2) is 7.06. The number of alkyl halides is 1. The monoisotopic (exact) mass is 368 g/mol. The van der Waals surface area contributed by atoms with Gasteiger partial charge in [0.1, 0.15) is 18.3 Å². The van der Waals surface area contributed by atoms with Crippen LogP contribution >= 0.6 is 0 Å². The van der Waals surface area contributed by atoms with Crippen molar-refractivity contribution in [1.82, 2.24) is 9.88 Å². The van der Waals surface area contributed by atoms with Crippen molar-refractivity contribution in [1.29, 1.82) is 5.26 Å². The van der Waals surface area contributed by atoms with Crippen molar-refractivity contribution in [3.63, 3.8) is 0 Å². The molecule has 0 radical (unpaired) electrons. The third kappa shape index (κ3) is 3.80. The van der Waals surface area contributed by atoms with Crippen LogP contribution < -0.4 is 5.73 Å². The van der Waals surface area contributed by atoms with E-state index < -0.39 is 38.7 Å². The number of hydrogen-bond acceptors (Lipinski definition) is 6. The van der Waals surface area contributed by atoms with Crippen LogP contribution in [0.4, 0.5) is 4.39 Å². The van der Waals surface area contributed by atoms with Gasteiger partial charge in [-0.1, -0.05) is 0 Å². The number of rotatable bonds is 5. The number of halogens is 1. The Kier molecular flexibility index (Phi) is 5.44. The summed E-state index contributed by atoms with van der Waals surface area (Å²) >= 11 is 0. The van der Waals surface area contributed by atoms with Crippen LogP contribution in [0.5, 0.6) is 0 Å². The fourth-order valence-electron chi connectivity index (χ4n) is 2.70. The van der Waals surface area contributed by atoms with Crippen molar-refractivity contribution in [2.75, 3.05) is 6.54 Å². The van der Waals surface area contributed by atoms with Gasteiger partial charge in [0.05, 0.1) is 23.1 Å². The lowest BCUT2D eigenvalue weighted by Gasteiger charge is -2.33. The molecule has 0 saturated carbocycles. The average molecular weight is 368 g/mol. The van der Waals surface area contributed by atoms with E-state index in [-0.39, 0.29) is 18.7 Å². The van der Waals surface area contributed by atoms with E-state index in [0.29, 0.717) is 5.56 Å². The second-order valence-electron chi connectivity index (χ2n) is 6.66. The van der Waals surface area contributed by atoms with Crippen molar-refractivity contribution in [3.05, 3.63) is 30.1 Å². The highest BCUT2D eigenvalue weighted by Crippen LogP contribution is 2.28. The molecule has 1 aromatic heterocycles. The summed E-state index contributed by atoms with van der Waals surface area (Å²) in [6, 6.07) is 2.68. The van der Waals surface area contributed by atoms with Gasteiger partial charge in [-0.2, -0.15) is 5.26 Å². The molecule has 9 heteroatoms. The number of nitrogens with zero attached hydrogens (tertiary/aromatic N) is 3. The number of carbonyl (C=O) groups excluding carboxylic acids is 1. The van der Waals surface area contributed by atoms with Crippen LogP contribution in [0.15, 0.2) is 24.5 Å². The van der Waals surface area contributed by atoms with Crippen LogP contribution in [0.25, 0.3) is 0 Å². The first-order valence-electron chi connectivity index (χ1n) is 7.81. The lowest BCUT2D eigenvalue weighted by atomic mass is 10.0. The molecule has 0 aromatic carbocycles. The molecule has 2 N–H and O–H groups in total. The molecule has 2 heterocycles. The van der Waals surface area contributed by atoms with E-state index in [0.717, 1.165) is 4.90 Å². The topological polar surface area (TPSA) is 117 Å². The summed E-state index contributed by atoms with van der Waals surface area (Å²) in [5, 5.41) is 9.07. The zero-order chi connectivity index (χ0) is 18.8. The minimum atomic E-state index is -3.80. The summed E-state index contributed by atoms with van der Waals surface area (Å²) in [5.41, 5.74) is 6.49. The van der Waals surface area contributed by atoms with Gasteiger partial charge in [-0.15, -0.1) is 0 Å². The third-order valence-electron chi connectivity index (χ3n) is 4.60. The maximum atomic E-state index is 13.5. The molecule has 2 rings (SSSR count). The molecule has 0 aliphatic carbocycles. The first kappa shape index (κ1) is 19.3. The molecule has 1 saturated heterocycles. The SMILES string of the molecule is CC(C)([C@H](N)C(=O)N1CC(F)C[C@H]1C#N)S(=O)(=O)Cc1ccncc1. The molecule has 1 aliphatic rings. The number of nitrogens with two attached hydrogens (primary N) is 1. The van der Waals surface area contributed by atoms with Gasteiger partial charge in [-0.3, -0.25) is 9.78 Å². The van der Waals surface area contributed by atoms with Crippen molar-refractivity contribution < 1.29 is 17.6 Å². The zero-order valence-electron chi connectivity index (χ0n) is 14.1. The van der Waals surface area contributed by atoms with Crippen LogP contribution in [-0.4, -0.2) is 53.8 Å². The standard InChI is InChI=1S/C16H21FN4O3S/c1-16(2,25(23,24)10-11-3-5-20-6-4-11)14(19)15(22)21-9-12(17)7-13(21)8-18/h3-6,12-14H,7,9-10,19H2,1-2H3/t12?,13-,14+/m0/s1. The van der Waals surface area contributed by atoms with E-state index in [2.05, 4.69) is 4.98 Å². The number of amides is 1. The fraction of sp³-hybridized carbons (Fsp3) is 0.562. The van der Waals surface area contributed by atoms with E-state index in [1.54, 1.807) is 12.1 Å². The zero-order valence-corrected chi connectivity index (χ0v) is 14.9. The highest BCUT2D eigenvalue weighted by molar-refractivity contribution is 7.92. The molecular formula is C16H21FN4O3S. The van der Waals surface area contributed by atoms with Gasteiger partial charge in [0.25, 0.3) is 0 Å². The number of sulfone groups is 1. The lowest BCUT2D eigenvalue weighted by Crippen LogP contribution is -2.59. The van der Waals surface area contributed by atoms with Gasteiger partial charge in [-0.05, 0) is 31.5 Å². The van der Waals surface area contributed by atoms with E-state index >= 15 is 0 Å². The lowest BCUT2D eigenvalue weighted by molar-refractivity contribution is -0.133. The maximum absolute atomic E-state index is 13.5. The largest absolute Gasteiger partial charge is 0.322 e. The summed E-state index contributed by atoms with van der Waals surface area (Å²) in [7, 11) is -3.80. The predicted octanol–water partition coefficient (Wildman–Crippen LogP) is 0.565. The van der Waals surface area contributed by atoms with E-state index in [9.17, 15) is 17.6 Å². The highest BCUT2D eigenvalue weighted by Gasteiger charge is 2.47. The number of nitriles is 1. The normalized spacial score (nSPS) is 22.4. The number of pyridine rings is 1. The third-order valence-corrected chi connectivity index (χ3v) is 7.18. The smallest absolute Gasteiger partial charge is 0.242 e. The van der Waals surface area contributed by atoms with Gasteiger partial charge < -0.3 is 10.6 Å². The van der Waals surface area contributed by atoms with Crippen molar-refractivity contribution >= 4 is 15.7 Å². The number of aromatic nitrogens is 1. The number of likely N-dealkylation sites (tertiary alicyclic amines) is 1. The number of carbonyl (C=O) groups is 1. The molecule has 1 fully saturated rings. The van der Waals surface area contributed by atoms with Crippen LogP contribution in [0.1, 0.15) is 25.8 Å². The second-order valence-corrected chi connectivity index (χ2v) is 9.23. The molecule has 25 heavy (non-hydrogen) atoms. The molecule has 0 bridgehead atoms. The minimum Gasteiger partial charge on any atom is -0.322 e. The highest BCUT2D eigenvalue weighted by atomic mass is 32.2. The Labute approximate surface area is 146 Å². The molecule has 1 amide bonds. The first-order chi connectivity index (χ1) is 11.6. The number of hydrogen-bond donors (Lipinski definition) is 1. The van der Waals surface area contributed by atoms with E-state index in [4.69, 9.17) is 11.0 Å². The minimum absolute atomic E-state index is 0.0842. The summed E-state index contributed by atoms with van der Waals surface area (Å²) in [5.74, 6) is -1.02. The Morgan fingerprint density at radius 1 is 1.52 bits per heavy atom. The molecule has 1 aromatic rings. The van der Waals surface area contributed by atoms with Crippen molar-refractivity contribution in [3.8, 4) is 6.07 Å². The van der Waals surface area contributed by atoms with E-state index in [1.807, 2.05) is 6.07 Å². The first-order valence-corrected chi connectivity index (χ1v) is 9.46. The summed E-state index contributed by atoms with van der Waals surface area (Å²) < 4.78 is 37.5. The Bertz CT molecular complexity index is 776. The Balaban J connectivity index is 2.22. The summed E-state index contributed by atoms with van der Waals surface area (Å²) in [6.07, 6.45) is 1.56. The van der Waals surface area contributed by atoms with Crippen LogP contribution in [0, 0.1) is 11.3 Å². The van der Waals surface area contributed by atoms with Crippen LogP contribution in [0.2, 0.25) is 0 Å². The van der Waals surface area contributed by atoms with Crippen LogP contribution in [-0.2, 0) is 20.4 Å². The maximum Gasteiger partial charge on any atom is 0.242 e. The van der Waals surface area contributed by atoms with Crippen LogP contribution in [0.3, 0.4) is 0 Å². The fourth-order valence-corrected chi connectivity index (χ4v) is 4.20. The average Bonchev–Trinajstić information content (AvgIpc) is 2.94. The van der Waals surface area contributed by atoms with Crippen molar-refractivity contribution in [2.45, 2.75) is 49.0 Å². The quantitative estimate of drug-likeness (QED) is 0.812. The molecule has 7 nitrogen and oxygen atoms in total. The molecule has 136 valence electrons. The van der Waals surface area contributed by atoms with Crippen molar-refractivity contribution in [2.24, 2.45) is 5.73 Å². The molecule has 0 spiro atoms. The molecular weight excluding hydrogens is 347 g/mol. The summed E-state index contributed by atoms with van der Waals surface area (Å²) in [6.45, 7) is 2.50. The van der Waals surface area contributed by atoms with Gasteiger partial charge in [-0.25, -0.2) is 12.8 Å². The summed E-state index contributed by atoms with van der Waals surface area (Å²) in [4.78, 5) is 17.5. The predicted molar refractivity (Wildman–Crippen MR) is 89.5 cm³/mol.